The van der Waals surface area contributed by atoms with Crippen LogP contribution < -0.4 is 5.32 Å². The van der Waals surface area contributed by atoms with Crippen molar-refractivity contribution in [3.8, 4) is 0 Å². The molecule has 0 aliphatic heterocycles. The van der Waals surface area contributed by atoms with Crippen LogP contribution in [0.25, 0.3) is 0 Å². The number of anilines is 1. The number of ether oxygens (including phenoxy) is 1. The number of aryl methyl sites for hydroxylation is 1. The lowest BCUT2D eigenvalue weighted by molar-refractivity contribution is 0.0658. The summed E-state index contributed by atoms with van der Waals surface area (Å²) in [5.41, 5.74) is 2.56. The molecule has 0 bridgehead atoms. The Kier molecular flexibility index (Phi) is 4.28. The molecule has 1 aromatic rings. The van der Waals surface area contributed by atoms with Gasteiger partial charge in [-0.15, -0.1) is 0 Å². The molecular formula is C15H23N3O. The van der Waals surface area contributed by atoms with Crippen molar-refractivity contribution in [2.24, 2.45) is 0 Å². The van der Waals surface area contributed by atoms with E-state index < -0.39 is 0 Å². The van der Waals surface area contributed by atoms with Gasteiger partial charge in [0.05, 0.1) is 12.7 Å². The van der Waals surface area contributed by atoms with Gasteiger partial charge in [-0.1, -0.05) is 12.8 Å². The van der Waals surface area contributed by atoms with E-state index in [2.05, 4.69) is 15.3 Å². The van der Waals surface area contributed by atoms with E-state index in [1.165, 1.54) is 49.8 Å². The maximum atomic E-state index is 5.86. The first-order valence-electron chi connectivity index (χ1n) is 7.62. The van der Waals surface area contributed by atoms with Crippen LogP contribution in [0.5, 0.6) is 0 Å². The normalized spacial score (nSPS) is 19.4. The maximum absolute atomic E-state index is 5.86. The fourth-order valence-electron chi connectivity index (χ4n) is 3.12. The summed E-state index contributed by atoms with van der Waals surface area (Å²) in [5.74, 6) is 1.03. The fraction of sp³-hybridized carbons (Fsp3) is 0.733. The summed E-state index contributed by atoms with van der Waals surface area (Å²) >= 11 is 0. The number of fused-ring (bicyclic) bond motifs is 1. The number of nitrogens with one attached hydrogen (secondary N) is 1. The molecule has 3 rings (SSSR count). The molecular weight excluding hydrogens is 238 g/mol. The van der Waals surface area contributed by atoms with Crippen molar-refractivity contribution in [2.45, 2.75) is 57.5 Å². The van der Waals surface area contributed by atoms with Crippen LogP contribution in [0.15, 0.2) is 6.33 Å². The zero-order valence-corrected chi connectivity index (χ0v) is 11.5. The molecule has 1 N–H and O–H groups in total. The Bertz CT molecular complexity index is 416. The van der Waals surface area contributed by atoms with Crippen molar-refractivity contribution >= 4 is 5.82 Å². The molecule has 0 unspecified atom stereocenters. The summed E-state index contributed by atoms with van der Waals surface area (Å²) in [6.45, 7) is 1.63. The third-order valence-corrected chi connectivity index (χ3v) is 4.18. The highest BCUT2D eigenvalue weighted by Gasteiger charge is 2.16. The topological polar surface area (TPSA) is 47.0 Å². The van der Waals surface area contributed by atoms with Gasteiger partial charge in [0.15, 0.2) is 0 Å². The van der Waals surface area contributed by atoms with E-state index in [1.807, 2.05) is 0 Å². The van der Waals surface area contributed by atoms with E-state index in [0.717, 1.165) is 31.8 Å². The van der Waals surface area contributed by atoms with Gasteiger partial charge in [-0.05, 0) is 38.5 Å². The Labute approximate surface area is 115 Å². The van der Waals surface area contributed by atoms with Crippen LogP contribution in [0, 0.1) is 0 Å². The first-order chi connectivity index (χ1) is 9.43. The van der Waals surface area contributed by atoms with Crippen LogP contribution >= 0.6 is 0 Å². The van der Waals surface area contributed by atoms with Crippen LogP contribution in [0.4, 0.5) is 5.82 Å². The number of nitrogens with zero attached hydrogens (tertiary/aromatic N) is 2. The van der Waals surface area contributed by atoms with Gasteiger partial charge in [-0.25, -0.2) is 9.97 Å². The monoisotopic (exact) mass is 261 g/mol. The Morgan fingerprint density at radius 1 is 1.11 bits per heavy atom. The highest BCUT2D eigenvalue weighted by atomic mass is 16.5. The van der Waals surface area contributed by atoms with Gasteiger partial charge in [0.1, 0.15) is 12.1 Å². The minimum atomic E-state index is 0.501. The smallest absolute Gasteiger partial charge is 0.132 e. The second-order valence-corrected chi connectivity index (χ2v) is 5.56. The summed E-state index contributed by atoms with van der Waals surface area (Å²) in [7, 11) is 0. The predicted octanol–water partition coefficient (Wildman–Crippen LogP) is 2.73. The quantitative estimate of drug-likeness (QED) is 0.828. The van der Waals surface area contributed by atoms with Crippen LogP contribution in [0.3, 0.4) is 0 Å². The molecule has 0 saturated heterocycles. The number of rotatable bonds is 5. The van der Waals surface area contributed by atoms with E-state index in [4.69, 9.17) is 4.74 Å². The molecule has 1 fully saturated rings. The Morgan fingerprint density at radius 2 is 1.95 bits per heavy atom. The Balaban J connectivity index is 1.49. The molecule has 0 amide bonds. The molecule has 0 radical (unpaired) electrons. The molecule has 19 heavy (non-hydrogen) atoms. The van der Waals surface area contributed by atoms with Crippen molar-refractivity contribution in [1.82, 2.24) is 9.97 Å². The van der Waals surface area contributed by atoms with Gasteiger partial charge >= 0.3 is 0 Å². The molecule has 2 aliphatic rings. The fourth-order valence-corrected chi connectivity index (χ4v) is 3.12. The second-order valence-electron chi connectivity index (χ2n) is 5.56. The van der Waals surface area contributed by atoms with E-state index in [9.17, 15) is 0 Å². The Hall–Kier alpha value is -1.16. The second kappa shape index (κ2) is 6.33. The van der Waals surface area contributed by atoms with E-state index in [-0.39, 0.29) is 0 Å². The highest BCUT2D eigenvalue weighted by molar-refractivity contribution is 5.46. The molecule has 4 heteroatoms. The molecule has 2 aliphatic carbocycles. The van der Waals surface area contributed by atoms with E-state index in [0.29, 0.717) is 6.10 Å². The zero-order valence-electron chi connectivity index (χ0n) is 11.5. The van der Waals surface area contributed by atoms with Gasteiger partial charge in [0.2, 0.25) is 0 Å². The van der Waals surface area contributed by atoms with Crippen molar-refractivity contribution < 1.29 is 4.74 Å². The average Bonchev–Trinajstić information content (AvgIpc) is 2.97. The minimum absolute atomic E-state index is 0.501. The van der Waals surface area contributed by atoms with E-state index >= 15 is 0 Å². The van der Waals surface area contributed by atoms with Crippen LogP contribution in [0.1, 0.15) is 49.8 Å². The summed E-state index contributed by atoms with van der Waals surface area (Å²) in [5, 5.41) is 3.42. The summed E-state index contributed by atoms with van der Waals surface area (Å²) in [6.07, 6.45) is 12.1. The van der Waals surface area contributed by atoms with Gasteiger partial charge < -0.3 is 10.1 Å². The first-order valence-corrected chi connectivity index (χ1v) is 7.62. The lowest BCUT2D eigenvalue weighted by Gasteiger charge is -2.18. The lowest BCUT2D eigenvalue weighted by atomic mass is 9.96. The lowest BCUT2D eigenvalue weighted by Crippen LogP contribution is -2.18. The van der Waals surface area contributed by atoms with Crippen LogP contribution in [-0.2, 0) is 17.6 Å². The minimum Gasteiger partial charge on any atom is -0.376 e. The van der Waals surface area contributed by atoms with Crippen LogP contribution in [0.2, 0.25) is 0 Å². The molecule has 0 aromatic carbocycles. The SMILES string of the molecule is c1nc2c(c(NCCOC3CCCC3)n1)CCCC2. The zero-order chi connectivity index (χ0) is 12.9. The molecule has 0 atom stereocenters. The largest absolute Gasteiger partial charge is 0.376 e. The predicted molar refractivity (Wildman–Crippen MR) is 75.4 cm³/mol. The third-order valence-electron chi connectivity index (χ3n) is 4.18. The number of aromatic nitrogens is 2. The summed E-state index contributed by atoms with van der Waals surface area (Å²) < 4.78 is 5.86. The molecule has 4 nitrogen and oxygen atoms in total. The number of hydrogen-bond acceptors (Lipinski definition) is 4. The van der Waals surface area contributed by atoms with Gasteiger partial charge in [-0.2, -0.15) is 0 Å². The number of hydrogen-bond donors (Lipinski definition) is 1. The Morgan fingerprint density at radius 3 is 2.84 bits per heavy atom. The summed E-state index contributed by atoms with van der Waals surface area (Å²) in [6, 6.07) is 0. The first kappa shape index (κ1) is 12.9. The van der Waals surface area contributed by atoms with Crippen molar-refractivity contribution in [3.05, 3.63) is 17.6 Å². The summed E-state index contributed by atoms with van der Waals surface area (Å²) in [4.78, 5) is 8.77. The molecule has 1 aromatic heterocycles. The molecule has 104 valence electrons. The third kappa shape index (κ3) is 3.24. The van der Waals surface area contributed by atoms with Gasteiger partial charge in [0.25, 0.3) is 0 Å². The van der Waals surface area contributed by atoms with Gasteiger partial charge in [0, 0.05) is 17.8 Å². The molecule has 1 saturated carbocycles. The highest BCUT2D eigenvalue weighted by Crippen LogP contribution is 2.24. The molecule has 0 spiro atoms. The average molecular weight is 261 g/mol. The standard InChI is InChI=1S/C15H23N3O/c1-2-6-12(5-1)19-10-9-16-15-13-7-3-4-8-14(13)17-11-18-15/h11-12H,1-10H2,(H,16,17,18). The maximum Gasteiger partial charge on any atom is 0.132 e. The van der Waals surface area contributed by atoms with Crippen molar-refractivity contribution in [3.63, 3.8) is 0 Å². The van der Waals surface area contributed by atoms with E-state index in [1.54, 1.807) is 6.33 Å². The van der Waals surface area contributed by atoms with Crippen molar-refractivity contribution in [1.29, 1.82) is 0 Å². The van der Waals surface area contributed by atoms with Gasteiger partial charge in [-0.3, -0.25) is 0 Å². The van der Waals surface area contributed by atoms with Crippen molar-refractivity contribution in [2.75, 3.05) is 18.5 Å². The van der Waals surface area contributed by atoms with Crippen LogP contribution in [-0.4, -0.2) is 29.2 Å². The molecule has 1 heterocycles.